The average molecular weight is 473 g/mol. The molecule has 0 bridgehead atoms. The fourth-order valence-corrected chi connectivity index (χ4v) is 5.46. The van der Waals surface area contributed by atoms with Gasteiger partial charge in [0.2, 0.25) is 0 Å². The van der Waals surface area contributed by atoms with Crippen molar-refractivity contribution in [1.82, 2.24) is 4.98 Å². The first-order valence-corrected chi connectivity index (χ1v) is 12.5. The molecule has 6 nitrogen and oxygen atoms in total. The third kappa shape index (κ3) is 5.07. The molecule has 1 fully saturated rings. The summed E-state index contributed by atoms with van der Waals surface area (Å²) in [6.45, 7) is 14.2. The summed E-state index contributed by atoms with van der Waals surface area (Å²) >= 11 is 0. The second-order valence-electron chi connectivity index (χ2n) is 10.5. The Morgan fingerprint density at radius 1 is 1.03 bits per heavy atom. The van der Waals surface area contributed by atoms with Crippen molar-refractivity contribution in [3.8, 4) is 0 Å². The number of aryl methyl sites for hydroxylation is 1. The Balaban J connectivity index is 1.77. The fourth-order valence-electron chi connectivity index (χ4n) is 5.46. The van der Waals surface area contributed by atoms with Crippen molar-refractivity contribution in [2.75, 3.05) is 23.3 Å². The van der Waals surface area contributed by atoms with Crippen LogP contribution in [0.3, 0.4) is 0 Å². The van der Waals surface area contributed by atoms with Crippen LogP contribution in [0.5, 0.6) is 0 Å². The monoisotopic (exact) mass is 472 g/mol. The minimum Gasteiger partial charge on any atom is -0.372 e. The average Bonchev–Trinajstić information content (AvgIpc) is 2.80. The standard InChI is InChI=1S/C29H36N4O2/c1-7-33(8-2)21-12-10-20(11-13-21)26-25(28(35)32-24-14-9-18(3)17-30-24)19(4)31-22-15-29(5,6)16-23(34)27(22)26/h9-14,17,26-27H,7-8,15-16H2,1-6H3,(H,30,32,35)/t26-,27?/m1/s1. The lowest BCUT2D eigenvalue weighted by molar-refractivity contribution is -0.124. The second-order valence-corrected chi connectivity index (χ2v) is 10.5. The molecule has 1 N–H and O–H groups in total. The molecular formula is C29H36N4O2. The molecule has 1 aliphatic carbocycles. The van der Waals surface area contributed by atoms with E-state index in [1.807, 2.05) is 19.9 Å². The van der Waals surface area contributed by atoms with Crippen molar-refractivity contribution >= 4 is 28.9 Å². The largest absolute Gasteiger partial charge is 0.372 e. The van der Waals surface area contributed by atoms with E-state index in [9.17, 15) is 9.59 Å². The first-order valence-electron chi connectivity index (χ1n) is 12.5. The third-order valence-corrected chi connectivity index (χ3v) is 7.14. The van der Waals surface area contributed by atoms with Gasteiger partial charge in [-0.15, -0.1) is 0 Å². The third-order valence-electron chi connectivity index (χ3n) is 7.14. The lowest BCUT2D eigenvalue weighted by Crippen LogP contribution is -2.44. The van der Waals surface area contributed by atoms with E-state index in [2.05, 4.69) is 67.2 Å². The Morgan fingerprint density at radius 3 is 2.31 bits per heavy atom. The smallest absolute Gasteiger partial charge is 0.255 e. The summed E-state index contributed by atoms with van der Waals surface area (Å²) < 4.78 is 0. The number of anilines is 2. The number of Topliss-reactive ketones (excluding diaryl/α,β-unsaturated/α-hetero) is 1. The van der Waals surface area contributed by atoms with Crippen LogP contribution < -0.4 is 10.2 Å². The molecule has 4 rings (SSSR count). The fraction of sp³-hybridized carbons (Fsp3) is 0.448. The maximum atomic E-state index is 13.6. The molecular weight excluding hydrogens is 436 g/mol. The van der Waals surface area contributed by atoms with Crippen LogP contribution in [0.1, 0.15) is 64.5 Å². The first-order chi connectivity index (χ1) is 16.6. The van der Waals surface area contributed by atoms with E-state index < -0.39 is 5.92 Å². The molecule has 2 aliphatic rings. The van der Waals surface area contributed by atoms with Crippen LogP contribution in [0.15, 0.2) is 58.9 Å². The summed E-state index contributed by atoms with van der Waals surface area (Å²) in [7, 11) is 0. The summed E-state index contributed by atoms with van der Waals surface area (Å²) in [5, 5.41) is 2.95. The molecule has 35 heavy (non-hydrogen) atoms. The highest BCUT2D eigenvalue weighted by atomic mass is 16.2. The molecule has 0 radical (unpaired) electrons. The maximum Gasteiger partial charge on any atom is 0.255 e. The zero-order chi connectivity index (χ0) is 25.3. The van der Waals surface area contributed by atoms with Gasteiger partial charge in [0.25, 0.3) is 5.91 Å². The van der Waals surface area contributed by atoms with Gasteiger partial charge < -0.3 is 10.2 Å². The highest BCUT2D eigenvalue weighted by Gasteiger charge is 2.47. The summed E-state index contributed by atoms with van der Waals surface area (Å²) in [6, 6.07) is 12.0. The van der Waals surface area contributed by atoms with Gasteiger partial charge in [0.15, 0.2) is 0 Å². The number of rotatable bonds is 6. The number of allylic oxidation sites excluding steroid dienone is 1. The zero-order valence-electron chi connectivity index (χ0n) is 21.7. The first kappa shape index (κ1) is 24.8. The number of ketones is 1. The molecule has 2 aromatic rings. The summed E-state index contributed by atoms with van der Waals surface area (Å²) in [5.41, 5.74) is 5.10. The Labute approximate surface area is 208 Å². The Hall–Kier alpha value is -3.28. The van der Waals surface area contributed by atoms with Crippen LogP contribution in [0.4, 0.5) is 11.5 Å². The van der Waals surface area contributed by atoms with E-state index in [1.165, 1.54) is 0 Å². The van der Waals surface area contributed by atoms with Crippen molar-refractivity contribution in [3.63, 3.8) is 0 Å². The number of nitrogens with one attached hydrogen (secondary N) is 1. The molecule has 1 aliphatic heterocycles. The Kier molecular flexibility index (Phi) is 6.93. The molecule has 1 aromatic heterocycles. The zero-order valence-corrected chi connectivity index (χ0v) is 21.7. The quantitative estimate of drug-likeness (QED) is 0.586. The predicted molar refractivity (Wildman–Crippen MR) is 142 cm³/mol. The van der Waals surface area contributed by atoms with E-state index in [0.29, 0.717) is 23.5 Å². The van der Waals surface area contributed by atoms with Gasteiger partial charge in [0.05, 0.1) is 5.92 Å². The summed E-state index contributed by atoms with van der Waals surface area (Å²) in [6.07, 6.45) is 2.96. The van der Waals surface area contributed by atoms with Crippen LogP contribution in [0.25, 0.3) is 0 Å². The second kappa shape index (κ2) is 9.76. The minimum atomic E-state index is -0.419. The number of carbonyl (C=O) groups excluding carboxylic acids is 2. The number of pyridine rings is 1. The van der Waals surface area contributed by atoms with Gasteiger partial charge in [-0.3, -0.25) is 14.6 Å². The summed E-state index contributed by atoms with van der Waals surface area (Å²) in [4.78, 5) is 38.6. The molecule has 0 saturated heterocycles. The van der Waals surface area contributed by atoms with Crippen LogP contribution in [-0.4, -0.2) is 35.5 Å². The minimum absolute atomic E-state index is 0.130. The number of nitrogens with zero attached hydrogens (tertiary/aromatic N) is 3. The molecule has 1 unspecified atom stereocenters. The van der Waals surface area contributed by atoms with Gasteiger partial charge in [-0.2, -0.15) is 0 Å². The Morgan fingerprint density at radius 2 is 1.71 bits per heavy atom. The number of benzene rings is 1. The maximum absolute atomic E-state index is 13.6. The van der Waals surface area contributed by atoms with Crippen LogP contribution in [0, 0.1) is 18.3 Å². The number of hydrogen-bond acceptors (Lipinski definition) is 5. The van der Waals surface area contributed by atoms with Gasteiger partial charge >= 0.3 is 0 Å². The molecule has 6 heteroatoms. The van der Waals surface area contributed by atoms with Gasteiger partial charge in [-0.25, -0.2) is 4.98 Å². The van der Waals surface area contributed by atoms with Crippen molar-refractivity contribution in [2.45, 2.75) is 60.3 Å². The van der Waals surface area contributed by atoms with Crippen molar-refractivity contribution in [1.29, 1.82) is 0 Å². The number of hydrogen-bond donors (Lipinski definition) is 1. The SMILES string of the molecule is CCN(CC)c1ccc([C@@H]2C(C(=O)Nc3ccc(C)cn3)=C(C)N=C3CC(C)(C)CC(=O)C32)cc1. The molecule has 2 atom stereocenters. The molecule has 2 heterocycles. The topological polar surface area (TPSA) is 74.7 Å². The number of aliphatic imine (C=N–C) groups is 1. The molecule has 1 amide bonds. The summed E-state index contributed by atoms with van der Waals surface area (Å²) in [5.74, 6) is -0.399. The van der Waals surface area contributed by atoms with Crippen LogP contribution in [0.2, 0.25) is 0 Å². The Bertz CT molecular complexity index is 1170. The molecule has 0 spiro atoms. The van der Waals surface area contributed by atoms with Crippen molar-refractivity contribution in [3.05, 3.63) is 65.0 Å². The number of fused-ring (bicyclic) bond motifs is 1. The number of aromatic nitrogens is 1. The normalized spacial score (nSPS) is 21.3. The molecule has 184 valence electrons. The lowest BCUT2D eigenvalue weighted by atomic mass is 9.63. The highest BCUT2D eigenvalue weighted by molar-refractivity contribution is 6.14. The van der Waals surface area contributed by atoms with E-state index in [4.69, 9.17) is 4.99 Å². The van der Waals surface area contributed by atoms with Crippen molar-refractivity contribution in [2.24, 2.45) is 16.3 Å². The number of carbonyl (C=O) groups is 2. The van der Waals surface area contributed by atoms with Crippen LogP contribution in [-0.2, 0) is 9.59 Å². The molecule has 1 saturated carbocycles. The van der Waals surface area contributed by atoms with Gasteiger partial charge in [0.1, 0.15) is 11.6 Å². The van der Waals surface area contributed by atoms with E-state index >= 15 is 0 Å². The van der Waals surface area contributed by atoms with Crippen LogP contribution >= 0.6 is 0 Å². The van der Waals surface area contributed by atoms with Gasteiger partial charge in [0, 0.05) is 54.3 Å². The predicted octanol–water partition coefficient (Wildman–Crippen LogP) is 5.69. The van der Waals surface area contributed by atoms with E-state index in [1.54, 1.807) is 12.3 Å². The van der Waals surface area contributed by atoms with Gasteiger partial charge in [-0.1, -0.05) is 32.0 Å². The number of amides is 1. The van der Waals surface area contributed by atoms with Gasteiger partial charge in [-0.05, 0) is 68.9 Å². The van der Waals surface area contributed by atoms with Crippen molar-refractivity contribution < 1.29 is 9.59 Å². The lowest BCUT2D eigenvalue weighted by Gasteiger charge is -2.41. The highest BCUT2D eigenvalue weighted by Crippen LogP contribution is 2.47. The van der Waals surface area contributed by atoms with E-state index in [-0.39, 0.29) is 23.0 Å². The van der Waals surface area contributed by atoms with E-state index in [0.717, 1.165) is 42.0 Å². The molecule has 1 aromatic carbocycles.